The van der Waals surface area contributed by atoms with Gasteiger partial charge in [-0.3, -0.25) is 19.3 Å². The summed E-state index contributed by atoms with van der Waals surface area (Å²) < 4.78 is 39.8. The van der Waals surface area contributed by atoms with Gasteiger partial charge in [-0.05, 0) is 88.7 Å². The number of cyclic esters (lactones) is 1. The SMILES string of the molecule is CC[C@@]1(c2cc(CN3CCOCC3)ccc2-c2c(C(=O)OC(=O)CN)noc2-c2cc(C(C)C)c(O)cc2O)C(=O)OCc2c1cc1n(c2=O)Cc2c-1nc1cc(F)c(C)c3c1c2[C@@H](N)CC3. The number of carbonyl (C=O) groups excluding carboxylic acids is 3. The van der Waals surface area contributed by atoms with Crippen molar-refractivity contribution in [2.45, 2.75) is 84.0 Å². The van der Waals surface area contributed by atoms with Crippen molar-refractivity contribution in [3.63, 3.8) is 0 Å². The monoisotopic (exact) mass is 912 g/mol. The third kappa shape index (κ3) is 6.85. The Morgan fingerprint density at radius 3 is 2.52 bits per heavy atom. The minimum Gasteiger partial charge on any atom is -0.508 e. The van der Waals surface area contributed by atoms with E-state index in [2.05, 4.69) is 10.1 Å². The Morgan fingerprint density at radius 2 is 1.79 bits per heavy atom. The summed E-state index contributed by atoms with van der Waals surface area (Å²) in [6, 6.07) is 10.8. The molecule has 10 rings (SSSR count). The van der Waals surface area contributed by atoms with Gasteiger partial charge in [-0.1, -0.05) is 44.1 Å². The van der Waals surface area contributed by atoms with E-state index >= 15 is 14.0 Å². The van der Waals surface area contributed by atoms with Gasteiger partial charge in [0.1, 0.15) is 29.3 Å². The van der Waals surface area contributed by atoms with Crippen molar-refractivity contribution in [1.82, 2.24) is 19.6 Å². The quantitative estimate of drug-likeness (QED) is 0.0975. The first-order valence-corrected chi connectivity index (χ1v) is 22.5. The molecule has 6 heterocycles. The molecule has 0 bridgehead atoms. The minimum absolute atomic E-state index is 0.0335. The number of esters is 3. The van der Waals surface area contributed by atoms with Crippen LogP contribution in [0.4, 0.5) is 4.39 Å². The number of fused-ring (bicyclic) bond motifs is 5. The largest absolute Gasteiger partial charge is 0.508 e. The number of rotatable bonds is 9. The lowest BCUT2D eigenvalue weighted by atomic mass is 9.67. The minimum atomic E-state index is -1.76. The smallest absolute Gasteiger partial charge is 0.368 e. The van der Waals surface area contributed by atoms with E-state index in [1.54, 1.807) is 30.5 Å². The molecule has 3 aromatic heterocycles. The molecule has 0 amide bonds. The maximum atomic E-state index is 15.5. The summed E-state index contributed by atoms with van der Waals surface area (Å²) in [5, 5.41) is 27.2. The number of hydrogen-bond acceptors (Lipinski definition) is 15. The van der Waals surface area contributed by atoms with Gasteiger partial charge in [-0.25, -0.2) is 14.2 Å². The van der Waals surface area contributed by atoms with Crippen molar-refractivity contribution in [3.05, 3.63) is 114 Å². The highest BCUT2D eigenvalue weighted by Crippen LogP contribution is 2.52. The summed E-state index contributed by atoms with van der Waals surface area (Å²) in [5.41, 5.74) is 16.3. The van der Waals surface area contributed by atoms with Gasteiger partial charge >= 0.3 is 17.9 Å². The molecule has 67 heavy (non-hydrogen) atoms. The van der Waals surface area contributed by atoms with Gasteiger partial charge < -0.3 is 45.0 Å². The summed E-state index contributed by atoms with van der Waals surface area (Å²) in [4.78, 5) is 63.9. The van der Waals surface area contributed by atoms with Gasteiger partial charge in [0.05, 0.1) is 59.9 Å². The number of morpholine rings is 1. The molecule has 6 N–H and O–H groups in total. The standard InChI is InChI=1S/C50H49FN6O10/c1-5-50(33-16-37-44-30(21-57(37)47(61)31(33)22-65-49(50)63)41-35(53)9-8-26-24(4)34(51)17-36(54-44)42(26)41)32-14-25(20-56-10-12-64-13-11-56)6-7-27(32)43-45(48(62)66-40(60)19-52)55-67-46(43)29-15-28(23(2)3)38(58)18-39(29)59/h6-7,14-18,23,35,58-59H,5,8-13,19-22,52-53H2,1-4H3/t35-,50-/m0/s1. The van der Waals surface area contributed by atoms with Gasteiger partial charge in [-0.15, -0.1) is 0 Å². The van der Waals surface area contributed by atoms with E-state index in [0.29, 0.717) is 84.8 Å². The first kappa shape index (κ1) is 44.1. The Morgan fingerprint density at radius 1 is 1.01 bits per heavy atom. The molecule has 3 aromatic carbocycles. The molecule has 0 radical (unpaired) electrons. The molecular formula is C50H49FN6O10. The van der Waals surface area contributed by atoms with E-state index in [1.165, 1.54) is 12.1 Å². The van der Waals surface area contributed by atoms with Crippen LogP contribution >= 0.6 is 0 Å². The fourth-order valence-corrected chi connectivity index (χ4v) is 10.6. The highest BCUT2D eigenvalue weighted by molar-refractivity contribution is 6.05. The molecule has 346 valence electrons. The fraction of sp³-hybridized carbons (Fsp3) is 0.360. The van der Waals surface area contributed by atoms with Crippen LogP contribution in [0.2, 0.25) is 0 Å². The Kier molecular flexibility index (Phi) is 10.9. The number of halogens is 1. The molecule has 6 aromatic rings. The zero-order valence-corrected chi connectivity index (χ0v) is 37.5. The van der Waals surface area contributed by atoms with Crippen LogP contribution in [0, 0.1) is 12.7 Å². The summed E-state index contributed by atoms with van der Waals surface area (Å²) in [5.74, 6) is -4.32. The van der Waals surface area contributed by atoms with E-state index in [1.807, 2.05) is 26.0 Å². The Balaban J connectivity index is 1.26. The topological polar surface area (TPSA) is 236 Å². The van der Waals surface area contributed by atoms with Crippen molar-refractivity contribution in [2.75, 3.05) is 32.8 Å². The number of nitrogens with zero attached hydrogens (tertiary/aromatic N) is 4. The van der Waals surface area contributed by atoms with Crippen LogP contribution in [0.3, 0.4) is 0 Å². The summed E-state index contributed by atoms with van der Waals surface area (Å²) >= 11 is 0. The average molecular weight is 913 g/mol. The normalized spacial score (nSPS) is 18.7. The molecule has 1 saturated heterocycles. The van der Waals surface area contributed by atoms with E-state index in [4.69, 9.17) is 35.2 Å². The molecule has 0 spiro atoms. The van der Waals surface area contributed by atoms with E-state index in [9.17, 15) is 19.8 Å². The number of benzene rings is 3. The number of aromatic nitrogens is 3. The number of carbonyl (C=O) groups is 3. The third-order valence-electron chi connectivity index (χ3n) is 14.1. The van der Waals surface area contributed by atoms with Crippen LogP contribution in [-0.4, -0.2) is 80.6 Å². The van der Waals surface area contributed by atoms with Crippen LogP contribution in [0.1, 0.15) is 106 Å². The highest BCUT2D eigenvalue weighted by atomic mass is 19.1. The molecule has 4 aliphatic rings. The van der Waals surface area contributed by atoms with Crippen LogP contribution < -0.4 is 17.0 Å². The number of ether oxygens (including phenoxy) is 3. The highest BCUT2D eigenvalue weighted by Gasteiger charge is 2.51. The Hall–Kier alpha value is -6.79. The maximum absolute atomic E-state index is 15.5. The van der Waals surface area contributed by atoms with Gasteiger partial charge in [-0.2, -0.15) is 0 Å². The predicted molar refractivity (Wildman–Crippen MR) is 242 cm³/mol. The molecule has 3 aliphatic heterocycles. The lowest BCUT2D eigenvalue weighted by Gasteiger charge is -2.38. The van der Waals surface area contributed by atoms with E-state index < -0.39 is 52.9 Å². The number of phenols is 2. The van der Waals surface area contributed by atoms with E-state index in [-0.39, 0.29) is 65.1 Å². The van der Waals surface area contributed by atoms with Gasteiger partial charge in [0.25, 0.3) is 5.56 Å². The molecule has 16 nitrogen and oxygen atoms in total. The van der Waals surface area contributed by atoms with Crippen LogP contribution in [0.5, 0.6) is 11.5 Å². The van der Waals surface area contributed by atoms with Crippen molar-refractivity contribution in [3.8, 4) is 45.3 Å². The van der Waals surface area contributed by atoms with Crippen molar-refractivity contribution < 1.29 is 47.7 Å². The zero-order valence-electron chi connectivity index (χ0n) is 37.5. The molecular weight excluding hydrogens is 864 g/mol. The van der Waals surface area contributed by atoms with Crippen molar-refractivity contribution in [1.29, 1.82) is 0 Å². The number of phenolic OH excluding ortho intramolecular Hbond substituents is 2. The molecule has 17 heteroatoms. The van der Waals surface area contributed by atoms with Crippen molar-refractivity contribution >= 4 is 28.8 Å². The van der Waals surface area contributed by atoms with Crippen LogP contribution in [0.25, 0.3) is 44.7 Å². The fourth-order valence-electron chi connectivity index (χ4n) is 10.6. The van der Waals surface area contributed by atoms with Gasteiger partial charge in [0.2, 0.25) is 0 Å². The maximum Gasteiger partial charge on any atom is 0.368 e. The molecule has 1 fully saturated rings. The molecule has 2 atom stereocenters. The number of pyridine rings is 2. The summed E-state index contributed by atoms with van der Waals surface area (Å²) in [6.45, 7) is 9.19. The average Bonchev–Trinajstić information content (AvgIpc) is 3.91. The molecule has 0 unspecified atom stereocenters. The second-order valence-electron chi connectivity index (χ2n) is 18.1. The second-order valence-corrected chi connectivity index (χ2v) is 18.1. The molecule has 0 saturated carbocycles. The summed E-state index contributed by atoms with van der Waals surface area (Å²) in [7, 11) is 0. The molecule has 1 aliphatic carbocycles. The van der Waals surface area contributed by atoms with Crippen LogP contribution in [0.15, 0.2) is 51.8 Å². The number of hydrogen-bond donors (Lipinski definition) is 4. The first-order valence-electron chi connectivity index (χ1n) is 22.5. The van der Waals surface area contributed by atoms with Gasteiger partial charge in [0, 0.05) is 48.8 Å². The Labute approximate surface area is 383 Å². The first-order chi connectivity index (χ1) is 32.2. The predicted octanol–water partition coefficient (Wildman–Crippen LogP) is 5.90. The summed E-state index contributed by atoms with van der Waals surface area (Å²) in [6.07, 6.45) is 1.20. The van der Waals surface area contributed by atoms with Crippen LogP contribution in [-0.2, 0) is 55.3 Å². The number of aryl methyl sites for hydroxylation is 1. The lowest BCUT2D eigenvalue weighted by molar-refractivity contribution is -0.152. The lowest BCUT2D eigenvalue weighted by Crippen LogP contribution is -2.45. The zero-order chi connectivity index (χ0) is 47.2. The Bertz CT molecular complexity index is 3170. The third-order valence-corrected chi connectivity index (χ3v) is 14.1. The number of aromatic hydroxyl groups is 2. The van der Waals surface area contributed by atoms with Gasteiger partial charge in [0.15, 0.2) is 11.5 Å². The van der Waals surface area contributed by atoms with E-state index in [0.717, 1.165) is 33.7 Å². The second kappa shape index (κ2) is 16.5. The number of nitrogens with two attached hydrogens (primary N) is 2. The van der Waals surface area contributed by atoms with Crippen molar-refractivity contribution in [2.24, 2.45) is 11.5 Å².